The third-order valence-electron chi connectivity index (χ3n) is 3.21. The maximum atomic E-state index is 12.0. The monoisotopic (exact) mass is 264 g/mol. The average Bonchev–Trinajstić information content (AvgIpc) is 2.44. The average molecular weight is 264 g/mol. The van der Waals surface area contributed by atoms with E-state index >= 15 is 0 Å². The van der Waals surface area contributed by atoms with Crippen molar-refractivity contribution in [2.75, 3.05) is 32.1 Å². The van der Waals surface area contributed by atoms with Crippen molar-refractivity contribution in [3.63, 3.8) is 0 Å². The number of rotatable bonds is 7. The molecule has 0 aliphatic heterocycles. The second-order valence-corrected chi connectivity index (χ2v) is 4.40. The molecule has 0 saturated carbocycles. The van der Waals surface area contributed by atoms with Crippen molar-refractivity contribution < 1.29 is 9.53 Å². The van der Waals surface area contributed by atoms with Gasteiger partial charge in [0.2, 0.25) is 5.91 Å². The molecule has 0 atom stereocenters. The minimum absolute atomic E-state index is 0.00440. The minimum Gasteiger partial charge on any atom is -0.495 e. The maximum Gasteiger partial charge on any atom is 0.238 e. The zero-order valence-electron chi connectivity index (χ0n) is 12.3. The van der Waals surface area contributed by atoms with Gasteiger partial charge in [-0.25, -0.2) is 0 Å². The van der Waals surface area contributed by atoms with E-state index in [-0.39, 0.29) is 5.91 Å². The van der Waals surface area contributed by atoms with Crippen molar-refractivity contribution >= 4 is 11.6 Å². The summed E-state index contributed by atoms with van der Waals surface area (Å²) in [7, 11) is 1.61. The molecule has 0 saturated heterocycles. The number of likely N-dealkylation sites (N-methyl/N-ethyl adjacent to an activating group) is 1. The summed E-state index contributed by atoms with van der Waals surface area (Å²) < 4.78 is 5.28. The van der Waals surface area contributed by atoms with Gasteiger partial charge in [-0.1, -0.05) is 26.8 Å². The standard InChI is InChI=1S/C15H24N2O2/c1-5-12-8-9-14(19-4)13(10-12)16-15(18)11-17(6-2)7-3/h8-10H,5-7,11H2,1-4H3,(H,16,18). The Hall–Kier alpha value is -1.55. The van der Waals surface area contributed by atoms with E-state index < -0.39 is 0 Å². The van der Waals surface area contributed by atoms with E-state index in [1.807, 2.05) is 18.2 Å². The number of nitrogens with zero attached hydrogens (tertiary/aromatic N) is 1. The molecule has 1 aromatic rings. The number of carbonyl (C=O) groups is 1. The predicted octanol–water partition coefficient (Wildman–Crippen LogP) is 2.54. The fraction of sp³-hybridized carbons (Fsp3) is 0.533. The number of ether oxygens (including phenoxy) is 1. The van der Waals surface area contributed by atoms with Gasteiger partial charge in [0.1, 0.15) is 5.75 Å². The molecular weight excluding hydrogens is 240 g/mol. The van der Waals surface area contributed by atoms with Crippen molar-refractivity contribution in [3.05, 3.63) is 23.8 Å². The summed E-state index contributed by atoms with van der Waals surface area (Å²) in [5.41, 5.74) is 1.93. The number of nitrogens with one attached hydrogen (secondary N) is 1. The number of anilines is 1. The highest BCUT2D eigenvalue weighted by molar-refractivity contribution is 5.93. The number of aryl methyl sites for hydroxylation is 1. The van der Waals surface area contributed by atoms with Crippen molar-refractivity contribution in [1.82, 2.24) is 4.90 Å². The summed E-state index contributed by atoms with van der Waals surface area (Å²) in [4.78, 5) is 14.1. The molecular formula is C15H24N2O2. The quantitative estimate of drug-likeness (QED) is 0.823. The van der Waals surface area contributed by atoms with Crippen LogP contribution in [0.2, 0.25) is 0 Å². The lowest BCUT2D eigenvalue weighted by Gasteiger charge is -2.18. The van der Waals surface area contributed by atoms with Crippen LogP contribution >= 0.6 is 0 Å². The maximum absolute atomic E-state index is 12.0. The number of hydrogen-bond donors (Lipinski definition) is 1. The molecule has 19 heavy (non-hydrogen) atoms. The summed E-state index contributed by atoms with van der Waals surface area (Å²) in [6.07, 6.45) is 0.933. The molecule has 0 unspecified atom stereocenters. The van der Waals surface area contributed by atoms with Gasteiger partial charge in [0.15, 0.2) is 0 Å². The lowest BCUT2D eigenvalue weighted by Crippen LogP contribution is -2.33. The van der Waals surface area contributed by atoms with Crippen LogP contribution in [0.1, 0.15) is 26.3 Å². The molecule has 0 bridgehead atoms. The first kappa shape index (κ1) is 15.5. The van der Waals surface area contributed by atoms with Gasteiger partial charge in [0.05, 0.1) is 19.3 Å². The van der Waals surface area contributed by atoms with Gasteiger partial charge < -0.3 is 10.1 Å². The molecule has 1 N–H and O–H groups in total. The number of hydrogen-bond acceptors (Lipinski definition) is 3. The first-order valence-corrected chi connectivity index (χ1v) is 6.83. The summed E-state index contributed by atoms with van der Waals surface area (Å²) in [5, 5.41) is 2.93. The van der Waals surface area contributed by atoms with Crippen molar-refractivity contribution in [2.24, 2.45) is 0 Å². The lowest BCUT2D eigenvalue weighted by atomic mass is 10.1. The minimum atomic E-state index is -0.00440. The third-order valence-corrected chi connectivity index (χ3v) is 3.21. The van der Waals surface area contributed by atoms with E-state index in [4.69, 9.17) is 4.74 Å². The van der Waals surface area contributed by atoms with Crippen LogP contribution < -0.4 is 10.1 Å². The molecule has 1 aromatic carbocycles. The van der Waals surface area contributed by atoms with Gasteiger partial charge in [-0.2, -0.15) is 0 Å². The highest BCUT2D eigenvalue weighted by Gasteiger charge is 2.10. The zero-order chi connectivity index (χ0) is 14.3. The van der Waals surface area contributed by atoms with E-state index in [0.29, 0.717) is 12.3 Å². The molecule has 0 heterocycles. The van der Waals surface area contributed by atoms with Crippen LogP contribution in [0.5, 0.6) is 5.75 Å². The van der Waals surface area contributed by atoms with Crippen molar-refractivity contribution in [3.8, 4) is 5.75 Å². The Labute approximate surface area is 115 Å². The van der Waals surface area contributed by atoms with E-state index in [1.54, 1.807) is 7.11 Å². The van der Waals surface area contributed by atoms with Crippen LogP contribution in [0.4, 0.5) is 5.69 Å². The highest BCUT2D eigenvalue weighted by Crippen LogP contribution is 2.25. The van der Waals surface area contributed by atoms with Gasteiger partial charge in [-0.15, -0.1) is 0 Å². The number of methoxy groups -OCH3 is 1. The van der Waals surface area contributed by atoms with Crippen LogP contribution in [0.15, 0.2) is 18.2 Å². The van der Waals surface area contributed by atoms with E-state index in [2.05, 4.69) is 31.0 Å². The van der Waals surface area contributed by atoms with Crippen LogP contribution in [0, 0.1) is 0 Å². The molecule has 1 amide bonds. The predicted molar refractivity (Wildman–Crippen MR) is 78.8 cm³/mol. The number of benzene rings is 1. The lowest BCUT2D eigenvalue weighted by molar-refractivity contribution is -0.117. The van der Waals surface area contributed by atoms with E-state index in [9.17, 15) is 4.79 Å². The van der Waals surface area contributed by atoms with Crippen LogP contribution in [0.3, 0.4) is 0 Å². The smallest absolute Gasteiger partial charge is 0.238 e. The Bertz CT molecular complexity index is 415. The molecule has 4 heteroatoms. The topological polar surface area (TPSA) is 41.6 Å². The molecule has 0 aromatic heterocycles. The highest BCUT2D eigenvalue weighted by atomic mass is 16.5. The summed E-state index contributed by atoms with van der Waals surface area (Å²) >= 11 is 0. The first-order valence-electron chi connectivity index (χ1n) is 6.83. The number of amides is 1. The Balaban J connectivity index is 2.77. The third kappa shape index (κ3) is 4.56. The van der Waals surface area contributed by atoms with Crippen LogP contribution in [-0.2, 0) is 11.2 Å². The molecule has 0 aliphatic rings. The molecule has 0 aliphatic carbocycles. The van der Waals surface area contributed by atoms with Gasteiger partial charge in [-0.3, -0.25) is 9.69 Å². The zero-order valence-corrected chi connectivity index (χ0v) is 12.3. The van der Waals surface area contributed by atoms with Crippen LogP contribution in [0.25, 0.3) is 0 Å². The SMILES string of the molecule is CCc1ccc(OC)c(NC(=O)CN(CC)CC)c1. The normalized spacial score (nSPS) is 10.6. The van der Waals surface area contributed by atoms with Gasteiger partial charge in [-0.05, 0) is 37.2 Å². The van der Waals surface area contributed by atoms with Crippen molar-refractivity contribution in [2.45, 2.75) is 27.2 Å². The molecule has 0 spiro atoms. The fourth-order valence-corrected chi connectivity index (χ4v) is 1.91. The Morgan fingerprint density at radius 1 is 1.26 bits per heavy atom. The fourth-order valence-electron chi connectivity index (χ4n) is 1.91. The second-order valence-electron chi connectivity index (χ2n) is 4.40. The Morgan fingerprint density at radius 2 is 1.95 bits per heavy atom. The van der Waals surface area contributed by atoms with Gasteiger partial charge in [0.25, 0.3) is 0 Å². The van der Waals surface area contributed by atoms with Crippen LogP contribution in [-0.4, -0.2) is 37.6 Å². The molecule has 0 fully saturated rings. The molecule has 0 radical (unpaired) electrons. The number of carbonyl (C=O) groups excluding carboxylic acids is 1. The van der Waals surface area contributed by atoms with E-state index in [1.165, 1.54) is 5.56 Å². The van der Waals surface area contributed by atoms with Crippen molar-refractivity contribution in [1.29, 1.82) is 0 Å². The first-order chi connectivity index (χ1) is 9.14. The Kier molecular flexibility index (Phi) is 6.36. The van der Waals surface area contributed by atoms with Gasteiger partial charge in [0, 0.05) is 0 Å². The molecule has 1 rings (SSSR count). The molecule has 106 valence electrons. The summed E-state index contributed by atoms with van der Waals surface area (Å²) in [6, 6.07) is 5.88. The van der Waals surface area contributed by atoms with E-state index in [0.717, 1.165) is 25.2 Å². The summed E-state index contributed by atoms with van der Waals surface area (Å²) in [6.45, 7) is 8.34. The second kappa shape index (κ2) is 7.79. The Morgan fingerprint density at radius 3 is 2.47 bits per heavy atom. The summed E-state index contributed by atoms with van der Waals surface area (Å²) in [5.74, 6) is 0.695. The molecule has 4 nitrogen and oxygen atoms in total. The van der Waals surface area contributed by atoms with Gasteiger partial charge >= 0.3 is 0 Å². The largest absolute Gasteiger partial charge is 0.495 e.